The molecule has 8 heteroatoms. The van der Waals surface area contributed by atoms with Crippen molar-refractivity contribution in [3.63, 3.8) is 0 Å². The lowest BCUT2D eigenvalue weighted by atomic mass is 10.1. The van der Waals surface area contributed by atoms with E-state index in [1.807, 2.05) is 30.3 Å². The lowest BCUT2D eigenvalue weighted by Crippen LogP contribution is -2.44. The Bertz CT molecular complexity index is 1490. The molecule has 0 fully saturated rings. The number of aryl methyl sites for hydroxylation is 1. The molecule has 3 aromatic carbocycles. The fourth-order valence-electron chi connectivity index (χ4n) is 4.59. The maximum atomic E-state index is 12.6. The van der Waals surface area contributed by atoms with Crippen LogP contribution >= 0.6 is 0 Å². The molecule has 0 spiro atoms. The molecule has 1 aromatic heterocycles. The second-order valence-corrected chi connectivity index (χ2v) is 8.35. The molecule has 5 rings (SSSR count). The molecule has 0 bridgehead atoms. The van der Waals surface area contributed by atoms with Gasteiger partial charge in [-0.2, -0.15) is 0 Å². The smallest absolute Gasteiger partial charge is 0.329 e. The number of para-hydroxylation sites is 1. The summed E-state index contributed by atoms with van der Waals surface area (Å²) >= 11 is 0. The number of hydrogen-bond acceptors (Lipinski definition) is 5. The number of amides is 3. The maximum absolute atomic E-state index is 12.6. The first kappa shape index (κ1) is 22.3. The van der Waals surface area contributed by atoms with Crippen LogP contribution in [0.3, 0.4) is 0 Å². The van der Waals surface area contributed by atoms with Gasteiger partial charge >= 0.3 is 5.97 Å². The zero-order valence-corrected chi connectivity index (χ0v) is 19.3. The van der Waals surface area contributed by atoms with E-state index in [9.17, 15) is 19.2 Å². The third-order valence-corrected chi connectivity index (χ3v) is 6.27. The molecule has 3 amide bonds. The first-order valence-electron chi connectivity index (χ1n) is 11.3. The lowest BCUT2D eigenvalue weighted by Gasteiger charge is -2.20. The highest BCUT2D eigenvalue weighted by molar-refractivity contribution is 6.22. The van der Waals surface area contributed by atoms with Crippen LogP contribution in [0.1, 0.15) is 34.6 Å². The van der Waals surface area contributed by atoms with Gasteiger partial charge in [0.1, 0.15) is 6.04 Å². The van der Waals surface area contributed by atoms with Crippen LogP contribution in [0, 0.1) is 0 Å². The van der Waals surface area contributed by atoms with Gasteiger partial charge in [-0.3, -0.25) is 19.3 Å². The van der Waals surface area contributed by atoms with E-state index in [-0.39, 0.29) is 11.1 Å². The average Bonchev–Trinajstić information content (AvgIpc) is 3.33. The van der Waals surface area contributed by atoms with Crippen molar-refractivity contribution >= 4 is 51.2 Å². The lowest BCUT2D eigenvalue weighted by molar-refractivity contribution is -0.150. The number of ether oxygens (including phenoxy) is 1. The number of esters is 1. The summed E-state index contributed by atoms with van der Waals surface area (Å²) in [4.78, 5) is 51.0. The fraction of sp³-hybridized carbons (Fsp3) is 0.185. The predicted octanol–water partition coefficient (Wildman–Crippen LogP) is 3.98. The topological polar surface area (TPSA) is 97.7 Å². The van der Waals surface area contributed by atoms with Crippen LogP contribution in [0.25, 0.3) is 21.8 Å². The van der Waals surface area contributed by atoms with Gasteiger partial charge in [-0.05, 0) is 50.2 Å². The van der Waals surface area contributed by atoms with Crippen LogP contribution in [0.4, 0.5) is 5.69 Å². The number of nitrogens with one attached hydrogen (secondary N) is 1. The van der Waals surface area contributed by atoms with Gasteiger partial charge in [0.05, 0.1) is 11.1 Å². The van der Waals surface area contributed by atoms with Gasteiger partial charge < -0.3 is 14.6 Å². The van der Waals surface area contributed by atoms with Crippen molar-refractivity contribution in [2.24, 2.45) is 0 Å². The van der Waals surface area contributed by atoms with E-state index >= 15 is 0 Å². The van der Waals surface area contributed by atoms with Crippen molar-refractivity contribution in [2.75, 3.05) is 11.9 Å². The average molecular weight is 469 g/mol. The number of hydrogen-bond donors (Lipinski definition) is 1. The summed E-state index contributed by atoms with van der Waals surface area (Å²) in [5.74, 6) is -2.47. The van der Waals surface area contributed by atoms with Crippen LogP contribution < -0.4 is 5.32 Å². The summed E-state index contributed by atoms with van der Waals surface area (Å²) in [5, 5.41) is 4.84. The summed E-state index contributed by atoms with van der Waals surface area (Å²) in [6.45, 7) is 3.76. The van der Waals surface area contributed by atoms with Gasteiger partial charge in [-0.15, -0.1) is 0 Å². The number of carbonyl (C=O) groups is 4. The predicted molar refractivity (Wildman–Crippen MR) is 131 cm³/mol. The van der Waals surface area contributed by atoms with Crippen molar-refractivity contribution in [3.8, 4) is 0 Å². The highest BCUT2D eigenvalue weighted by Crippen LogP contribution is 2.31. The fourth-order valence-corrected chi connectivity index (χ4v) is 4.59. The van der Waals surface area contributed by atoms with Crippen LogP contribution in [0.15, 0.2) is 66.7 Å². The first-order valence-corrected chi connectivity index (χ1v) is 11.3. The van der Waals surface area contributed by atoms with Gasteiger partial charge in [0.25, 0.3) is 17.7 Å². The summed E-state index contributed by atoms with van der Waals surface area (Å²) in [6, 6.07) is 18.9. The molecular weight excluding hydrogens is 446 g/mol. The second kappa shape index (κ2) is 8.72. The number of anilines is 1. The zero-order chi connectivity index (χ0) is 24.7. The maximum Gasteiger partial charge on any atom is 0.329 e. The summed E-state index contributed by atoms with van der Waals surface area (Å²) < 4.78 is 7.33. The summed E-state index contributed by atoms with van der Waals surface area (Å²) in [7, 11) is 0. The molecule has 1 atom stereocenters. The van der Waals surface area contributed by atoms with Crippen LogP contribution in [-0.2, 0) is 20.9 Å². The molecule has 1 aliphatic rings. The number of benzene rings is 3. The molecule has 0 saturated carbocycles. The van der Waals surface area contributed by atoms with Crippen LogP contribution in [-0.4, -0.2) is 45.8 Å². The normalized spacial score (nSPS) is 13.8. The minimum atomic E-state index is -1.16. The van der Waals surface area contributed by atoms with Crippen LogP contribution in [0.5, 0.6) is 0 Å². The summed E-state index contributed by atoms with van der Waals surface area (Å²) in [6.07, 6.45) is 0. The first-order chi connectivity index (χ1) is 16.9. The standard InChI is InChI=1S/C27H23N3O5/c1-3-29-22-11-7-6-8-18(22)21-14-17(12-13-23(21)29)28-24(31)15-35-27(34)16(2)30-25(32)19-9-4-5-10-20(19)26(30)33/h4-14,16H,3,15H2,1-2H3,(H,28,31)/t16-/m1/s1. The highest BCUT2D eigenvalue weighted by Gasteiger charge is 2.41. The Morgan fingerprint density at radius 3 is 2.20 bits per heavy atom. The molecule has 2 heterocycles. The largest absolute Gasteiger partial charge is 0.454 e. The van der Waals surface area contributed by atoms with Crippen molar-refractivity contribution in [1.82, 2.24) is 9.47 Å². The van der Waals surface area contributed by atoms with E-state index in [0.29, 0.717) is 5.69 Å². The Hall–Kier alpha value is -4.46. The minimum Gasteiger partial charge on any atom is -0.454 e. The van der Waals surface area contributed by atoms with E-state index < -0.39 is 36.3 Å². The molecule has 0 aliphatic carbocycles. The highest BCUT2D eigenvalue weighted by atomic mass is 16.5. The number of rotatable bonds is 6. The molecule has 4 aromatic rings. The van der Waals surface area contributed by atoms with Gasteiger partial charge in [0.15, 0.2) is 6.61 Å². The van der Waals surface area contributed by atoms with Gasteiger partial charge in [0.2, 0.25) is 0 Å². The Morgan fingerprint density at radius 2 is 1.51 bits per heavy atom. The minimum absolute atomic E-state index is 0.245. The van der Waals surface area contributed by atoms with Gasteiger partial charge in [-0.1, -0.05) is 30.3 Å². The molecule has 0 saturated heterocycles. The third kappa shape index (κ3) is 3.73. The molecule has 8 nitrogen and oxygen atoms in total. The number of aromatic nitrogens is 1. The molecule has 1 aliphatic heterocycles. The van der Waals surface area contributed by atoms with Crippen molar-refractivity contribution in [2.45, 2.75) is 26.4 Å². The van der Waals surface area contributed by atoms with E-state index in [1.165, 1.54) is 19.1 Å². The molecule has 176 valence electrons. The molecule has 35 heavy (non-hydrogen) atoms. The van der Waals surface area contributed by atoms with E-state index in [2.05, 4.69) is 22.9 Å². The zero-order valence-electron chi connectivity index (χ0n) is 19.3. The molecule has 1 N–H and O–H groups in total. The molecule has 0 radical (unpaired) electrons. The van der Waals surface area contributed by atoms with E-state index in [0.717, 1.165) is 33.3 Å². The molecular formula is C27H23N3O5. The number of fused-ring (bicyclic) bond motifs is 4. The Labute approximate surface area is 201 Å². The SMILES string of the molecule is CCn1c2ccccc2c2cc(NC(=O)COC(=O)[C@@H](C)N3C(=O)c4ccccc4C3=O)ccc21. The molecule has 0 unspecified atom stereocenters. The van der Waals surface area contributed by atoms with Crippen molar-refractivity contribution in [3.05, 3.63) is 77.9 Å². The number of imide groups is 1. The van der Waals surface area contributed by atoms with Crippen molar-refractivity contribution in [1.29, 1.82) is 0 Å². The number of carbonyl (C=O) groups excluding carboxylic acids is 4. The van der Waals surface area contributed by atoms with E-state index in [1.54, 1.807) is 18.2 Å². The third-order valence-electron chi connectivity index (χ3n) is 6.27. The van der Waals surface area contributed by atoms with Gasteiger partial charge in [-0.25, -0.2) is 4.79 Å². The van der Waals surface area contributed by atoms with Gasteiger partial charge in [0, 0.05) is 34.0 Å². The Kier molecular flexibility index (Phi) is 5.56. The number of nitrogens with zero attached hydrogens (tertiary/aromatic N) is 2. The Balaban J connectivity index is 1.26. The second-order valence-electron chi connectivity index (χ2n) is 8.35. The summed E-state index contributed by atoms with van der Waals surface area (Å²) in [5.41, 5.74) is 3.24. The quantitative estimate of drug-likeness (QED) is 0.340. The monoisotopic (exact) mass is 469 g/mol. The van der Waals surface area contributed by atoms with E-state index in [4.69, 9.17) is 4.74 Å². The Morgan fingerprint density at radius 1 is 0.886 bits per heavy atom. The van der Waals surface area contributed by atoms with Crippen LogP contribution in [0.2, 0.25) is 0 Å². The van der Waals surface area contributed by atoms with Crippen molar-refractivity contribution < 1.29 is 23.9 Å².